The van der Waals surface area contributed by atoms with E-state index in [9.17, 15) is 19.5 Å². The van der Waals surface area contributed by atoms with Crippen LogP contribution in [0.3, 0.4) is 0 Å². The minimum Gasteiger partial charge on any atom is -0.479 e. The molecule has 25 heavy (non-hydrogen) atoms. The van der Waals surface area contributed by atoms with Crippen molar-refractivity contribution in [2.24, 2.45) is 0 Å². The molecule has 2 aromatic rings. The predicted octanol–water partition coefficient (Wildman–Crippen LogP) is 1.96. The van der Waals surface area contributed by atoms with Crippen molar-refractivity contribution in [3.63, 3.8) is 0 Å². The highest BCUT2D eigenvalue weighted by molar-refractivity contribution is 5.91. The van der Waals surface area contributed by atoms with Crippen molar-refractivity contribution in [3.05, 3.63) is 59.0 Å². The lowest BCUT2D eigenvalue weighted by Crippen LogP contribution is -2.36. The van der Waals surface area contributed by atoms with Gasteiger partial charge in [0, 0.05) is 13.0 Å². The van der Waals surface area contributed by atoms with Crippen LogP contribution in [0.15, 0.2) is 41.0 Å². The first-order valence-electron chi connectivity index (χ1n) is 7.79. The van der Waals surface area contributed by atoms with Crippen LogP contribution >= 0.6 is 0 Å². The molecular formula is C18H20N2O5. The highest BCUT2D eigenvalue weighted by Gasteiger charge is 2.22. The van der Waals surface area contributed by atoms with Crippen LogP contribution in [0.25, 0.3) is 0 Å². The zero-order valence-corrected chi connectivity index (χ0v) is 14.0. The van der Waals surface area contributed by atoms with Gasteiger partial charge in [0.25, 0.3) is 5.91 Å². The van der Waals surface area contributed by atoms with E-state index in [-0.39, 0.29) is 18.7 Å². The second kappa shape index (κ2) is 8.14. The Bertz CT molecular complexity index is 748. The van der Waals surface area contributed by atoms with Crippen LogP contribution in [0.5, 0.6) is 0 Å². The summed E-state index contributed by atoms with van der Waals surface area (Å²) in [5, 5.41) is 14.4. The number of aliphatic carboxylic acids is 1. The number of benzene rings is 1. The molecule has 0 aliphatic rings. The summed E-state index contributed by atoms with van der Waals surface area (Å²) in [5.74, 6) is -1.88. The maximum absolute atomic E-state index is 12.0. The zero-order valence-electron chi connectivity index (χ0n) is 14.0. The van der Waals surface area contributed by atoms with E-state index in [0.717, 1.165) is 11.1 Å². The SMILES string of the molecule is Cc1cc(C)cc(C(NC(=O)CCNC(=O)c2ccco2)C(=O)O)c1. The highest BCUT2D eigenvalue weighted by Crippen LogP contribution is 2.17. The third-order valence-electron chi connectivity index (χ3n) is 3.51. The van der Waals surface area contributed by atoms with Crippen LogP contribution in [0.2, 0.25) is 0 Å². The predicted molar refractivity (Wildman–Crippen MR) is 90.1 cm³/mol. The smallest absolute Gasteiger partial charge is 0.330 e. The summed E-state index contributed by atoms with van der Waals surface area (Å²) in [5.41, 5.74) is 2.35. The van der Waals surface area contributed by atoms with Gasteiger partial charge in [0.1, 0.15) is 0 Å². The van der Waals surface area contributed by atoms with Gasteiger partial charge in [-0.2, -0.15) is 0 Å². The average Bonchev–Trinajstić information content (AvgIpc) is 3.05. The normalized spacial score (nSPS) is 11.6. The van der Waals surface area contributed by atoms with Crippen molar-refractivity contribution in [1.29, 1.82) is 0 Å². The van der Waals surface area contributed by atoms with Crippen molar-refractivity contribution in [3.8, 4) is 0 Å². The van der Waals surface area contributed by atoms with E-state index in [1.54, 1.807) is 18.2 Å². The van der Waals surface area contributed by atoms with Gasteiger partial charge in [-0.1, -0.05) is 29.3 Å². The summed E-state index contributed by atoms with van der Waals surface area (Å²) >= 11 is 0. The number of rotatable bonds is 7. The minimum absolute atomic E-state index is 0.0406. The highest BCUT2D eigenvalue weighted by atomic mass is 16.4. The number of carboxylic acid groups (broad SMARTS) is 1. The third-order valence-corrected chi connectivity index (χ3v) is 3.51. The molecule has 2 rings (SSSR count). The summed E-state index contributed by atoms with van der Waals surface area (Å²) in [6, 6.07) is 7.34. The van der Waals surface area contributed by atoms with Crippen LogP contribution < -0.4 is 10.6 Å². The maximum atomic E-state index is 12.0. The fourth-order valence-corrected chi connectivity index (χ4v) is 2.48. The van der Waals surface area contributed by atoms with Gasteiger partial charge in [0.05, 0.1) is 6.26 Å². The largest absolute Gasteiger partial charge is 0.479 e. The van der Waals surface area contributed by atoms with Gasteiger partial charge >= 0.3 is 5.97 Å². The molecule has 0 fully saturated rings. The fraction of sp³-hybridized carbons (Fsp3) is 0.278. The number of carboxylic acids is 1. The van der Waals surface area contributed by atoms with Crippen molar-refractivity contribution in [2.75, 3.05) is 6.54 Å². The molecule has 3 N–H and O–H groups in total. The van der Waals surface area contributed by atoms with E-state index < -0.39 is 23.8 Å². The quantitative estimate of drug-likeness (QED) is 0.711. The lowest BCUT2D eigenvalue weighted by molar-refractivity contribution is -0.142. The van der Waals surface area contributed by atoms with Gasteiger partial charge in [0.15, 0.2) is 11.8 Å². The number of aryl methyl sites for hydroxylation is 2. The van der Waals surface area contributed by atoms with E-state index in [4.69, 9.17) is 4.42 Å². The Hall–Kier alpha value is -3.09. The second-order valence-electron chi connectivity index (χ2n) is 5.74. The number of hydrogen-bond acceptors (Lipinski definition) is 4. The molecule has 0 saturated heterocycles. The Kier molecular flexibility index (Phi) is 5.94. The molecule has 0 saturated carbocycles. The molecule has 0 aliphatic heterocycles. The first-order chi connectivity index (χ1) is 11.9. The van der Waals surface area contributed by atoms with Gasteiger partial charge in [0.2, 0.25) is 5.91 Å². The standard InChI is InChI=1S/C18H20N2O5/c1-11-8-12(2)10-13(9-11)16(18(23)24)20-15(21)5-6-19-17(22)14-4-3-7-25-14/h3-4,7-10,16H,5-6H2,1-2H3,(H,19,22)(H,20,21)(H,23,24). The molecule has 0 spiro atoms. The number of amides is 2. The van der Waals surface area contributed by atoms with E-state index in [2.05, 4.69) is 10.6 Å². The minimum atomic E-state index is -1.14. The van der Waals surface area contributed by atoms with Crippen LogP contribution in [0.1, 0.15) is 39.7 Å². The molecule has 0 aliphatic carbocycles. The van der Waals surface area contributed by atoms with Gasteiger partial charge < -0.3 is 20.2 Å². The van der Waals surface area contributed by atoms with E-state index in [1.165, 1.54) is 12.3 Å². The molecule has 1 atom stereocenters. The third kappa shape index (κ3) is 5.20. The topological polar surface area (TPSA) is 109 Å². The van der Waals surface area contributed by atoms with E-state index in [0.29, 0.717) is 5.56 Å². The lowest BCUT2D eigenvalue weighted by atomic mass is 10.0. The molecule has 7 heteroatoms. The molecule has 0 radical (unpaired) electrons. The zero-order chi connectivity index (χ0) is 18.4. The summed E-state index contributed by atoms with van der Waals surface area (Å²) in [7, 11) is 0. The molecule has 1 aromatic heterocycles. The number of furan rings is 1. The van der Waals surface area contributed by atoms with Crippen molar-refractivity contribution in [1.82, 2.24) is 10.6 Å². The molecule has 1 unspecified atom stereocenters. The number of hydrogen-bond donors (Lipinski definition) is 3. The molecular weight excluding hydrogens is 324 g/mol. The van der Waals surface area contributed by atoms with Crippen LogP contribution in [0, 0.1) is 13.8 Å². The van der Waals surface area contributed by atoms with Crippen LogP contribution in [-0.2, 0) is 9.59 Å². The fourth-order valence-electron chi connectivity index (χ4n) is 2.48. The summed E-state index contributed by atoms with van der Waals surface area (Å²) in [6.07, 6.45) is 1.34. The summed E-state index contributed by atoms with van der Waals surface area (Å²) < 4.78 is 4.94. The molecule has 2 amide bonds. The first kappa shape index (κ1) is 18.3. The summed E-state index contributed by atoms with van der Waals surface area (Å²) in [6.45, 7) is 3.80. The Morgan fingerprint density at radius 3 is 2.40 bits per heavy atom. The molecule has 7 nitrogen and oxygen atoms in total. The Morgan fingerprint density at radius 1 is 1.16 bits per heavy atom. The van der Waals surface area contributed by atoms with Gasteiger partial charge in [-0.25, -0.2) is 4.79 Å². The number of nitrogens with one attached hydrogen (secondary N) is 2. The second-order valence-corrected chi connectivity index (χ2v) is 5.74. The Morgan fingerprint density at radius 2 is 1.84 bits per heavy atom. The average molecular weight is 344 g/mol. The first-order valence-corrected chi connectivity index (χ1v) is 7.79. The van der Waals surface area contributed by atoms with E-state index >= 15 is 0 Å². The summed E-state index contributed by atoms with van der Waals surface area (Å²) in [4.78, 5) is 35.2. The molecule has 0 bridgehead atoms. The number of carbonyl (C=O) groups is 3. The lowest BCUT2D eigenvalue weighted by Gasteiger charge is -2.16. The van der Waals surface area contributed by atoms with E-state index in [1.807, 2.05) is 19.9 Å². The van der Waals surface area contributed by atoms with Crippen molar-refractivity contribution in [2.45, 2.75) is 26.3 Å². The van der Waals surface area contributed by atoms with Gasteiger partial charge in [-0.05, 0) is 31.5 Å². The van der Waals surface area contributed by atoms with Gasteiger partial charge in [-0.15, -0.1) is 0 Å². The van der Waals surface area contributed by atoms with Gasteiger partial charge in [-0.3, -0.25) is 9.59 Å². The Balaban J connectivity index is 1.92. The van der Waals surface area contributed by atoms with Crippen LogP contribution in [0.4, 0.5) is 0 Å². The number of carbonyl (C=O) groups excluding carboxylic acids is 2. The molecule has 1 heterocycles. The van der Waals surface area contributed by atoms with Crippen molar-refractivity contribution < 1.29 is 23.9 Å². The molecule has 132 valence electrons. The van der Waals surface area contributed by atoms with Crippen LogP contribution in [-0.4, -0.2) is 29.4 Å². The Labute approximate surface area is 145 Å². The maximum Gasteiger partial charge on any atom is 0.330 e. The monoisotopic (exact) mass is 344 g/mol. The van der Waals surface area contributed by atoms with Crippen molar-refractivity contribution >= 4 is 17.8 Å². The molecule has 1 aromatic carbocycles.